The lowest BCUT2D eigenvalue weighted by Crippen LogP contribution is -2.42. The van der Waals surface area contributed by atoms with Crippen LogP contribution in [0.25, 0.3) is 10.1 Å². The Kier molecular flexibility index (Phi) is 3.01. The predicted molar refractivity (Wildman–Crippen MR) is 85.3 cm³/mol. The van der Waals surface area contributed by atoms with Crippen LogP contribution in [0.3, 0.4) is 0 Å². The Balaban J connectivity index is 2.06. The normalized spacial score (nSPS) is 17.9. The Morgan fingerprint density at radius 1 is 1.40 bits per heavy atom. The first-order valence-corrected chi connectivity index (χ1v) is 7.82. The van der Waals surface area contributed by atoms with Crippen molar-refractivity contribution in [3.8, 4) is 0 Å². The van der Waals surface area contributed by atoms with Crippen LogP contribution in [0.15, 0.2) is 18.2 Å². The molecule has 2 heterocycles. The van der Waals surface area contributed by atoms with Gasteiger partial charge in [0.25, 0.3) is 5.91 Å². The second kappa shape index (κ2) is 4.48. The lowest BCUT2D eigenvalue weighted by atomic mass is 10.0. The first-order chi connectivity index (χ1) is 9.40. The van der Waals surface area contributed by atoms with Crippen LogP contribution in [0.4, 0.5) is 5.69 Å². The van der Waals surface area contributed by atoms with Crippen LogP contribution < -0.4 is 5.73 Å². The number of rotatable bonds is 1. The molecule has 0 atom stereocenters. The van der Waals surface area contributed by atoms with Crippen molar-refractivity contribution in [1.29, 1.82) is 0 Å². The van der Waals surface area contributed by atoms with E-state index in [1.54, 1.807) is 0 Å². The Hall–Kier alpha value is -1.55. The zero-order valence-corrected chi connectivity index (χ0v) is 13.0. The summed E-state index contributed by atoms with van der Waals surface area (Å²) in [5.41, 5.74) is 7.98. The van der Waals surface area contributed by atoms with E-state index >= 15 is 0 Å². The second-order valence-electron chi connectivity index (χ2n) is 6.22. The molecule has 0 aliphatic carbocycles. The van der Waals surface area contributed by atoms with E-state index in [1.165, 1.54) is 16.9 Å². The van der Waals surface area contributed by atoms with E-state index in [-0.39, 0.29) is 11.4 Å². The van der Waals surface area contributed by atoms with E-state index in [9.17, 15) is 4.79 Å². The van der Waals surface area contributed by atoms with E-state index in [2.05, 4.69) is 26.8 Å². The Morgan fingerprint density at radius 3 is 2.80 bits per heavy atom. The van der Waals surface area contributed by atoms with Crippen molar-refractivity contribution in [3.05, 3.63) is 28.6 Å². The maximum atomic E-state index is 12.8. The molecule has 106 valence electrons. The summed E-state index contributed by atoms with van der Waals surface area (Å²) in [7, 11) is 0. The van der Waals surface area contributed by atoms with Crippen molar-refractivity contribution >= 4 is 33.0 Å². The van der Waals surface area contributed by atoms with Crippen LogP contribution in [0, 0.1) is 6.92 Å². The van der Waals surface area contributed by atoms with Gasteiger partial charge in [0, 0.05) is 22.2 Å². The SMILES string of the molecule is Cc1ccc2c(N)c(C(=O)N3CCCC3(C)C)sc2c1. The van der Waals surface area contributed by atoms with Crippen LogP contribution in [0.5, 0.6) is 0 Å². The summed E-state index contributed by atoms with van der Waals surface area (Å²) in [6, 6.07) is 6.16. The number of anilines is 1. The van der Waals surface area contributed by atoms with Gasteiger partial charge in [0.1, 0.15) is 4.88 Å². The molecule has 3 nitrogen and oxygen atoms in total. The molecule has 1 saturated heterocycles. The lowest BCUT2D eigenvalue weighted by Gasteiger charge is -2.31. The molecule has 0 saturated carbocycles. The third-order valence-corrected chi connectivity index (χ3v) is 5.38. The van der Waals surface area contributed by atoms with Crippen LogP contribution in [0.2, 0.25) is 0 Å². The van der Waals surface area contributed by atoms with Gasteiger partial charge in [-0.2, -0.15) is 0 Å². The molecule has 4 heteroatoms. The highest BCUT2D eigenvalue weighted by Gasteiger charge is 2.37. The Labute approximate surface area is 123 Å². The number of nitrogens with two attached hydrogens (primary N) is 1. The average molecular weight is 288 g/mol. The number of hydrogen-bond donors (Lipinski definition) is 1. The molecule has 2 aromatic rings. The summed E-state index contributed by atoms with van der Waals surface area (Å²) >= 11 is 1.52. The molecule has 1 amide bonds. The molecule has 0 unspecified atom stereocenters. The largest absolute Gasteiger partial charge is 0.397 e. The topological polar surface area (TPSA) is 46.3 Å². The first-order valence-electron chi connectivity index (χ1n) is 7.01. The number of hydrogen-bond acceptors (Lipinski definition) is 3. The van der Waals surface area contributed by atoms with Crippen LogP contribution in [0.1, 0.15) is 41.9 Å². The van der Waals surface area contributed by atoms with Gasteiger partial charge in [-0.3, -0.25) is 4.79 Å². The Bertz CT molecular complexity index is 687. The van der Waals surface area contributed by atoms with Crippen molar-refractivity contribution < 1.29 is 4.79 Å². The highest BCUT2D eigenvalue weighted by atomic mass is 32.1. The van der Waals surface area contributed by atoms with Gasteiger partial charge >= 0.3 is 0 Å². The van der Waals surface area contributed by atoms with Gasteiger partial charge in [-0.15, -0.1) is 11.3 Å². The number of amides is 1. The zero-order chi connectivity index (χ0) is 14.5. The fourth-order valence-electron chi connectivity index (χ4n) is 2.99. The molecule has 1 aromatic carbocycles. The third kappa shape index (κ3) is 1.99. The first kappa shape index (κ1) is 13.4. The Morgan fingerprint density at radius 2 is 2.15 bits per heavy atom. The van der Waals surface area contributed by atoms with Crippen molar-refractivity contribution in [2.45, 2.75) is 39.2 Å². The van der Waals surface area contributed by atoms with E-state index in [4.69, 9.17) is 5.73 Å². The standard InChI is InChI=1S/C16H20N2OS/c1-10-5-6-11-12(9-10)20-14(13(11)17)15(19)18-8-4-7-16(18,2)3/h5-6,9H,4,7-8,17H2,1-3H3. The second-order valence-corrected chi connectivity index (χ2v) is 7.27. The molecule has 0 bridgehead atoms. The van der Waals surface area contributed by atoms with Gasteiger partial charge in [0.05, 0.1) is 5.69 Å². The summed E-state index contributed by atoms with van der Waals surface area (Å²) in [6.45, 7) is 7.15. The number of nitrogens with zero attached hydrogens (tertiary/aromatic N) is 1. The highest BCUT2D eigenvalue weighted by molar-refractivity contribution is 7.21. The molecule has 20 heavy (non-hydrogen) atoms. The summed E-state index contributed by atoms with van der Waals surface area (Å²) in [5.74, 6) is 0.0869. The maximum absolute atomic E-state index is 12.8. The third-order valence-electron chi connectivity index (χ3n) is 4.22. The van der Waals surface area contributed by atoms with Gasteiger partial charge in [-0.05, 0) is 45.2 Å². The van der Waals surface area contributed by atoms with E-state index in [0.29, 0.717) is 10.6 Å². The fourth-order valence-corrected chi connectivity index (χ4v) is 4.16. The van der Waals surface area contributed by atoms with E-state index in [0.717, 1.165) is 29.5 Å². The summed E-state index contributed by atoms with van der Waals surface area (Å²) in [4.78, 5) is 15.5. The predicted octanol–water partition coefficient (Wildman–Crippen LogP) is 3.81. The van der Waals surface area contributed by atoms with Crippen molar-refractivity contribution in [2.75, 3.05) is 12.3 Å². The zero-order valence-electron chi connectivity index (χ0n) is 12.2. The molecule has 1 aliphatic rings. The molecule has 0 radical (unpaired) electrons. The molecule has 0 spiro atoms. The molecule has 2 N–H and O–H groups in total. The number of likely N-dealkylation sites (tertiary alicyclic amines) is 1. The van der Waals surface area contributed by atoms with Gasteiger partial charge in [-0.25, -0.2) is 0 Å². The lowest BCUT2D eigenvalue weighted by molar-refractivity contribution is 0.0658. The van der Waals surface area contributed by atoms with E-state index < -0.39 is 0 Å². The number of benzene rings is 1. The number of fused-ring (bicyclic) bond motifs is 1. The summed E-state index contributed by atoms with van der Waals surface area (Å²) in [5, 5.41) is 1.00. The highest BCUT2D eigenvalue weighted by Crippen LogP contribution is 2.38. The van der Waals surface area contributed by atoms with Crippen LogP contribution >= 0.6 is 11.3 Å². The molecule has 3 rings (SSSR count). The summed E-state index contributed by atoms with van der Waals surface area (Å²) in [6.07, 6.45) is 2.13. The van der Waals surface area contributed by atoms with Crippen molar-refractivity contribution in [3.63, 3.8) is 0 Å². The smallest absolute Gasteiger partial charge is 0.266 e. The number of nitrogen functional groups attached to an aromatic ring is 1. The van der Waals surface area contributed by atoms with Gasteiger partial charge < -0.3 is 10.6 Å². The molecule has 1 aromatic heterocycles. The van der Waals surface area contributed by atoms with Crippen LogP contribution in [-0.2, 0) is 0 Å². The molecule has 1 aliphatic heterocycles. The van der Waals surface area contributed by atoms with Gasteiger partial charge in [0.2, 0.25) is 0 Å². The molecular formula is C16H20N2OS. The number of thiophene rings is 1. The number of carbonyl (C=O) groups excluding carboxylic acids is 1. The molecular weight excluding hydrogens is 268 g/mol. The minimum atomic E-state index is -0.0599. The fraction of sp³-hybridized carbons (Fsp3) is 0.438. The summed E-state index contributed by atoms with van der Waals surface area (Å²) < 4.78 is 1.10. The van der Waals surface area contributed by atoms with Gasteiger partial charge in [-0.1, -0.05) is 12.1 Å². The van der Waals surface area contributed by atoms with Gasteiger partial charge in [0.15, 0.2) is 0 Å². The average Bonchev–Trinajstić information content (AvgIpc) is 2.89. The maximum Gasteiger partial charge on any atom is 0.266 e. The quantitative estimate of drug-likeness (QED) is 0.867. The molecule has 1 fully saturated rings. The van der Waals surface area contributed by atoms with Crippen LogP contribution in [-0.4, -0.2) is 22.9 Å². The van der Waals surface area contributed by atoms with E-state index in [1.807, 2.05) is 17.0 Å². The number of carbonyl (C=O) groups is 1. The minimum Gasteiger partial charge on any atom is -0.397 e. The number of aryl methyl sites for hydroxylation is 1. The van der Waals surface area contributed by atoms with Crippen molar-refractivity contribution in [2.24, 2.45) is 0 Å². The minimum absolute atomic E-state index is 0.0599. The van der Waals surface area contributed by atoms with Crippen molar-refractivity contribution in [1.82, 2.24) is 4.90 Å². The monoisotopic (exact) mass is 288 g/mol.